The minimum Gasteiger partial charge on any atom is -0.477 e. The van der Waals surface area contributed by atoms with E-state index in [9.17, 15) is 19.7 Å². The molecule has 0 radical (unpaired) electrons. The number of nitro groups is 1. The molecule has 0 saturated heterocycles. The molecule has 0 spiro atoms. The maximum atomic E-state index is 11.8. The number of amides is 2. The molecule has 2 aromatic carbocycles. The molecular formula is C15H12ClN3O5. The maximum Gasteiger partial charge on any atom is 0.310 e. The summed E-state index contributed by atoms with van der Waals surface area (Å²) in [5, 5.41) is 11.2. The van der Waals surface area contributed by atoms with Gasteiger partial charge in [0.15, 0.2) is 12.4 Å². The van der Waals surface area contributed by atoms with Gasteiger partial charge < -0.3 is 4.74 Å². The lowest BCUT2D eigenvalue weighted by Gasteiger charge is -2.09. The summed E-state index contributed by atoms with van der Waals surface area (Å²) >= 11 is 5.77. The van der Waals surface area contributed by atoms with E-state index in [2.05, 4.69) is 10.9 Å². The quantitative estimate of drug-likeness (QED) is 0.634. The number of nitro benzene ring substituents is 1. The Morgan fingerprint density at radius 3 is 2.58 bits per heavy atom. The van der Waals surface area contributed by atoms with Crippen LogP contribution in [0.15, 0.2) is 48.5 Å². The van der Waals surface area contributed by atoms with Gasteiger partial charge in [-0.3, -0.25) is 30.6 Å². The summed E-state index contributed by atoms with van der Waals surface area (Å²) < 4.78 is 5.09. The predicted octanol–water partition coefficient (Wildman–Crippen LogP) is 2.09. The Hall–Kier alpha value is -3.13. The highest BCUT2D eigenvalue weighted by Crippen LogP contribution is 2.25. The first-order chi connectivity index (χ1) is 11.5. The minimum absolute atomic E-state index is 0.0428. The lowest BCUT2D eigenvalue weighted by Crippen LogP contribution is -2.43. The van der Waals surface area contributed by atoms with Crippen molar-refractivity contribution in [2.75, 3.05) is 6.61 Å². The normalized spacial score (nSPS) is 9.88. The number of rotatable bonds is 5. The van der Waals surface area contributed by atoms with Gasteiger partial charge in [-0.15, -0.1) is 0 Å². The van der Waals surface area contributed by atoms with Crippen molar-refractivity contribution in [1.29, 1.82) is 0 Å². The number of nitrogens with zero attached hydrogens (tertiary/aromatic N) is 1. The van der Waals surface area contributed by atoms with E-state index in [-0.39, 0.29) is 17.0 Å². The Kier molecular flexibility index (Phi) is 5.69. The number of halogens is 1. The Bertz CT molecular complexity index is 781. The van der Waals surface area contributed by atoms with Crippen molar-refractivity contribution in [2.24, 2.45) is 0 Å². The van der Waals surface area contributed by atoms with Crippen molar-refractivity contribution in [3.05, 3.63) is 69.2 Å². The summed E-state index contributed by atoms with van der Waals surface area (Å²) in [4.78, 5) is 33.7. The highest BCUT2D eigenvalue weighted by atomic mass is 35.5. The zero-order valence-corrected chi connectivity index (χ0v) is 12.9. The van der Waals surface area contributed by atoms with Crippen LogP contribution in [0.5, 0.6) is 5.75 Å². The first-order valence-electron chi connectivity index (χ1n) is 6.68. The number of hydrazine groups is 1. The largest absolute Gasteiger partial charge is 0.477 e. The van der Waals surface area contributed by atoms with Crippen LogP contribution in [-0.4, -0.2) is 23.3 Å². The molecule has 124 valence electrons. The van der Waals surface area contributed by atoms with Crippen LogP contribution < -0.4 is 15.6 Å². The molecule has 0 bridgehead atoms. The van der Waals surface area contributed by atoms with Crippen LogP contribution >= 0.6 is 11.6 Å². The molecule has 2 amide bonds. The summed E-state index contributed by atoms with van der Waals surface area (Å²) in [5.74, 6) is -1.28. The van der Waals surface area contributed by atoms with E-state index < -0.39 is 23.3 Å². The van der Waals surface area contributed by atoms with Crippen LogP contribution in [0.1, 0.15) is 10.4 Å². The van der Waals surface area contributed by atoms with Gasteiger partial charge in [0.2, 0.25) is 0 Å². The Morgan fingerprint density at radius 2 is 1.88 bits per heavy atom. The number of para-hydroxylation sites is 2. The monoisotopic (exact) mass is 349 g/mol. The molecule has 24 heavy (non-hydrogen) atoms. The molecule has 9 heteroatoms. The molecule has 0 aliphatic carbocycles. The third kappa shape index (κ3) is 4.68. The smallest absolute Gasteiger partial charge is 0.310 e. The van der Waals surface area contributed by atoms with Crippen molar-refractivity contribution >= 4 is 29.1 Å². The highest BCUT2D eigenvalue weighted by molar-refractivity contribution is 6.30. The number of carbonyl (C=O) groups is 2. The van der Waals surface area contributed by atoms with Crippen LogP contribution in [0, 0.1) is 10.1 Å². The fraction of sp³-hybridized carbons (Fsp3) is 0.0667. The van der Waals surface area contributed by atoms with E-state index in [0.717, 1.165) is 0 Å². The van der Waals surface area contributed by atoms with Gasteiger partial charge in [0.1, 0.15) is 0 Å². The van der Waals surface area contributed by atoms with Gasteiger partial charge in [-0.05, 0) is 24.3 Å². The highest BCUT2D eigenvalue weighted by Gasteiger charge is 2.15. The minimum atomic E-state index is -0.677. The van der Waals surface area contributed by atoms with Crippen LogP contribution in [0.25, 0.3) is 0 Å². The van der Waals surface area contributed by atoms with Gasteiger partial charge in [0.25, 0.3) is 11.8 Å². The fourth-order valence-corrected chi connectivity index (χ4v) is 1.93. The Morgan fingerprint density at radius 1 is 1.12 bits per heavy atom. The lowest BCUT2D eigenvalue weighted by atomic mass is 10.2. The number of hydrogen-bond donors (Lipinski definition) is 2. The third-order valence-corrected chi connectivity index (χ3v) is 3.06. The maximum absolute atomic E-state index is 11.8. The average molecular weight is 350 g/mol. The fourth-order valence-electron chi connectivity index (χ4n) is 1.74. The second-order valence-corrected chi connectivity index (χ2v) is 4.96. The summed E-state index contributed by atoms with van der Waals surface area (Å²) in [6, 6.07) is 11.8. The predicted molar refractivity (Wildman–Crippen MR) is 85.7 cm³/mol. The first-order valence-corrected chi connectivity index (χ1v) is 7.06. The molecule has 8 nitrogen and oxygen atoms in total. The SMILES string of the molecule is O=C(COc1ccccc1[N+](=O)[O-])NNC(=O)c1cccc(Cl)c1. The van der Waals surface area contributed by atoms with Gasteiger partial charge in [0, 0.05) is 16.7 Å². The van der Waals surface area contributed by atoms with Crippen LogP contribution in [0.4, 0.5) is 5.69 Å². The molecule has 0 unspecified atom stereocenters. The molecule has 2 rings (SSSR count). The third-order valence-electron chi connectivity index (χ3n) is 2.82. The zero-order chi connectivity index (χ0) is 17.5. The number of hydrogen-bond acceptors (Lipinski definition) is 5. The lowest BCUT2D eigenvalue weighted by molar-refractivity contribution is -0.385. The molecule has 0 saturated carbocycles. The molecule has 0 aliphatic rings. The Labute approximate surface area is 141 Å². The zero-order valence-electron chi connectivity index (χ0n) is 12.2. The van der Waals surface area contributed by atoms with Crippen LogP contribution in [0.2, 0.25) is 5.02 Å². The van der Waals surface area contributed by atoms with Crippen molar-refractivity contribution in [2.45, 2.75) is 0 Å². The molecule has 0 aliphatic heterocycles. The van der Waals surface area contributed by atoms with E-state index >= 15 is 0 Å². The van der Waals surface area contributed by atoms with Crippen LogP contribution in [0.3, 0.4) is 0 Å². The Balaban J connectivity index is 1.86. The van der Waals surface area contributed by atoms with Gasteiger partial charge >= 0.3 is 5.69 Å². The van der Waals surface area contributed by atoms with E-state index in [4.69, 9.17) is 16.3 Å². The molecule has 2 N–H and O–H groups in total. The van der Waals surface area contributed by atoms with Crippen molar-refractivity contribution in [3.8, 4) is 5.75 Å². The van der Waals surface area contributed by atoms with E-state index in [1.165, 1.54) is 30.3 Å². The van der Waals surface area contributed by atoms with Crippen molar-refractivity contribution in [3.63, 3.8) is 0 Å². The molecular weight excluding hydrogens is 338 g/mol. The summed E-state index contributed by atoms with van der Waals surface area (Å²) in [6.07, 6.45) is 0. The molecule has 0 heterocycles. The average Bonchev–Trinajstić information content (AvgIpc) is 2.58. The standard InChI is InChI=1S/C15H12ClN3O5/c16-11-5-3-4-10(8-11)15(21)18-17-14(20)9-24-13-7-2-1-6-12(13)19(22)23/h1-8H,9H2,(H,17,20)(H,18,21). The molecule has 0 atom stereocenters. The number of carbonyl (C=O) groups excluding carboxylic acids is 2. The van der Waals surface area contributed by atoms with Gasteiger partial charge in [0.05, 0.1) is 4.92 Å². The summed E-state index contributed by atoms with van der Waals surface area (Å²) in [6.45, 7) is -0.499. The number of nitrogens with one attached hydrogen (secondary N) is 2. The van der Waals surface area contributed by atoms with Gasteiger partial charge in [-0.1, -0.05) is 29.8 Å². The van der Waals surface area contributed by atoms with E-state index in [1.54, 1.807) is 18.2 Å². The van der Waals surface area contributed by atoms with Crippen LogP contribution in [-0.2, 0) is 4.79 Å². The second kappa shape index (κ2) is 7.93. The first kappa shape index (κ1) is 17.2. The second-order valence-electron chi connectivity index (χ2n) is 4.53. The molecule has 0 fully saturated rings. The van der Waals surface area contributed by atoms with E-state index in [1.807, 2.05) is 0 Å². The number of ether oxygens (including phenoxy) is 1. The molecule has 0 aromatic heterocycles. The van der Waals surface area contributed by atoms with Crippen molar-refractivity contribution in [1.82, 2.24) is 10.9 Å². The van der Waals surface area contributed by atoms with Gasteiger partial charge in [-0.2, -0.15) is 0 Å². The van der Waals surface area contributed by atoms with Gasteiger partial charge in [-0.25, -0.2) is 0 Å². The van der Waals surface area contributed by atoms with E-state index in [0.29, 0.717) is 5.02 Å². The number of benzene rings is 2. The molecule has 2 aromatic rings. The topological polar surface area (TPSA) is 111 Å². The van der Waals surface area contributed by atoms with Crippen molar-refractivity contribution < 1.29 is 19.2 Å². The summed E-state index contributed by atoms with van der Waals surface area (Å²) in [5.41, 5.74) is 4.34. The summed E-state index contributed by atoms with van der Waals surface area (Å²) in [7, 11) is 0.